The summed E-state index contributed by atoms with van der Waals surface area (Å²) in [4.78, 5) is 16.0. The Labute approximate surface area is 100.0 Å². The van der Waals surface area contributed by atoms with Gasteiger partial charge in [-0.1, -0.05) is 5.11 Å². The van der Waals surface area contributed by atoms with Gasteiger partial charge in [0.15, 0.2) is 0 Å². The van der Waals surface area contributed by atoms with Crippen LogP contribution >= 0.6 is 0 Å². The summed E-state index contributed by atoms with van der Waals surface area (Å²) in [5, 5.41) is 12.8. The third kappa shape index (κ3) is 3.80. The number of carbonyl (C=O) groups is 1. The van der Waals surface area contributed by atoms with Gasteiger partial charge in [-0.05, 0) is 32.7 Å². The Morgan fingerprint density at radius 2 is 2.29 bits per heavy atom. The summed E-state index contributed by atoms with van der Waals surface area (Å²) in [6.45, 7) is 5.47. The number of azide groups is 1. The predicted octanol–water partition coefficient (Wildman–Crippen LogP) is 1.67. The van der Waals surface area contributed by atoms with E-state index in [2.05, 4.69) is 10.0 Å². The second-order valence-corrected chi connectivity index (χ2v) is 5.06. The molecule has 7 nitrogen and oxygen atoms in total. The fourth-order valence-corrected chi connectivity index (χ4v) is 1.77. The van der Waals surface area contributed by atoms with Crippen molar-refractivity contribution in [3.05, 3.63) is 10.4 Å². The summed E-state index contributed by atoms with van der Waals surface area (Å²) in [5.41, 5.74) is 7.78. The van der Waals surface area contributed by atoms with Crippen LogP contribution in [0, 0.1) is 0 Å². The highest BCUT2D eigenvalue weighted by atomic mass is 16.6. The smallest absolute Gasteiger partial charge is 0.410 e. The number of nitrogens with zero attached hydrogens (tertiary/aromatic N) is 4. The van der Waals surface area contributed by atoms with E-state index in [1.807, 2.05) is 0 Å². The predicted molar refractivity (Wildman–Crippen MR) is 61.4 cm³/mol. The number of rotatable bonds is 2. The van der Waals surface area contributed by atoms with Crippen LogP contribution in [0.5, 0.6) is 0 Å². The molecule has 1 heterocycles. The number of amides is 1. The normalized spacial score (nSPS) is 24.4. The van der Waals surface area contributed by atoms with E-state index in [0.717, 1.165) is 0 Å². The van der Waals surface area contributed by atoms with Gasteiger partial charge in [0, 0.05) is 11.5 Å². The molecule has 1 aliphatic heterocycles. The van der Waals surface area contributed by atoms with E-state index in [4.69, 9.17) is 10.3 Å². The van der Waals surface area contributed by atoms with Gasteiger partial charge in [-0.3, -0.25) is 0 Å². The fourth-order valence-electron chi connectivity index (χ4n) is 1.77. The van der Waals surface area contributed by atoms with Crippen LogP contribution in [0.2, 0.25) is 0 Å². The quantitative estimate of drug-likeness (QED) is 0.453. The lowest BCUT2D eigenvalue weighted by atomic mass is 10.2. The summed E-state index contributed by atoms with van der Waals surface area (Å²) >= 11 is 0. The molecule has 1 N–H and O–H groups in total. The van der Waals surface area contributed by atoms with E-state index in [9.17, 15) is 9.90 Å². The minimum absolute atomic E-state index is 0.156. The first-order valence-corrected chi connectivity index (χ1v) is 5.52. The van der Waals surface area contributed by atoms with Gasteiger partial charge in [-0.25, -0.2) is 4.79 Å². The standard InChI is InChI=1S/C10H18N4O3/c1-10(2,3)17-9(16)14-5-7(12-13-11)4-8(14)6-15/h7-8,15H,4-6H2,1-3H3. The number of aliphatic hydroxyl groups is 1. The van der Waals surface area contributed by atoms with Gasteiger partial charge in [0.2, 0.25) is 0 Å². The van der Waals surface area contributed by atoms with Crippen LogP contribution in [0.25, 0.3) is 10.4 Å². The first-order valence-electron chi connectivity index (χ1n) is 5.52. The molecule has 0 saturated carbocycles. The molecule has 0 radical (unpaired) electrons. The zero-order valence-electron chi connectivity index (χ0n) is 10.3. The van der Waals surface area contributed by atoms with Gasteiger partial charge < -0.3 is 14.7 Å². The molecule has 1 aliphatic rings. The number of aliphatic hydroxyl groups excluding tert-OH is 1. The second kappa shape index (κ2) is 5.25. The third-order valence-electron chi connectivity index (χ3n) is 2.45. The number of ether oxygens (including phenoxy) is 1. The number of hydrogen-bond acceptors (Lipinski definition) is 4. The zero-order chi connectivity index (χ0) is 13.1. The maximum absolute atomic E-state index is 11.8. The van der Waals surface area contributed by atoms with Gasteiger partial charge in [0.25, 0.3) is 0 Å². The molecule has 0 aromatic rings. The van der Waals surface area contributed by atoms with Gasteiger partial charge in [0.1, 0.15) is 5.60 Å². The van der Waals surface area contributed by atoms with Crippen molar-refractivity contribution in [3.8, 4) is 0 Å². The Hall–Kier alpha value is -1.46. The molecule has 17 heavy (non-hydrogen) atoms. The highest BCUT2D eigenvalue weighted by Crippen LogP contribution is 2.22. The van der Waals surface area contributed by atoms with Crippen molar-refractivity contribution in [2.24, 2.45) is 5.11 Å². The van der Waals surface area contributed by atoms with Gasteiger partial charge >= 0.3 is 6.09 Å². The highest BCUT2D eigenvalue weighted by molar-refractivity contribution is 5.69. The molecular formula is C10H18N4O3. The van der Waals surface area contributed by atoms with Gasteiger partial charge in [-0.15, -0.1) is 0 Å². The molecule has 0 aromatic heterocycles. The molecule has 2 unspecified atom stereocenters. The van der Waals surface area contributed by atoms with Gasteiger partial charge in [0.05, 0.1) is 18.7 Å². The molecular weight excluding hydrogens is 224 g/mol. The number of likely N-dealkylation sites (tertiary alicyclic amines) is 1. The van der Waals surface area contributed by atoms with E-state index in [1.165, 1.54) is 4.90 Å². The lowest BCUT2D eigenvalue weighted by molar-refractivity contribution is 0.0175. The molecule has 0 spiro atoms. The van der Waals surface area contributed by atoms with Crippen molar-refractivity contribution >= 4 is 6.09 Å². The van der Waals surface area contributed by atoms with Gasteiger partial charge in [-0.2, -0.15) is 0 Å². The zero-order valence-corrected chi connectivity index (χ0v) is 10.3. The molecule has 1 rings (SSSR count). The largest absolute Gasteiger partial charge is 0.444 e. The molecule has 1 amide bonds. The molecule has 1 fully saturated rings. The lowest BCUT2D eigenvalue weighted by Crippen LogP contribution is -2.41. The van der Waals surface area contributed by atoms with E-state index in [1.54, 1.807) is 20.8 Å². The first kappa shape index (κ1) is 13.6. The van der Waals surface area contributed by atoms with E-state index >= 15 is 0 Å². The summed E-state index contributed by atoms with van der Waals surface area (Å²) in [6.07, 6.45) is -0.00743. The summed E-state index contributed by atoms with van der Waals surface area (Å²) in [5.74, 6) is 0. The maximum atomic E-state index is 11.8. The Balaban J connectivity index is 2.68. The lowest BCUT2D eigenvalue weighted by Gasteiger charge is -2.27. The van der Waals surface area contributed by atoms with Crippen LogP contribution in [0.1, 0.15) is 27.2 Å². The second-order valence-electron chi connectivity index (χ2n) is 5.06. The Kier molecular flexibility index (Phi) is 4.20. The summed E-state index contributed by atoms with van der Waals surface area (Å²) < 4.78 is 5.22. The Morgan fingerprint density at radius 3 is 2.76 bits per heavy atom. The van der Waals surface area contributed by atoms with Crippen molar-refractivity contribution < 1.29 is 14.6 Å². The monoisotopic (exact) mass is 242 g/mol. The highest BCUT2D eigenvalue weighted by Gasteiger charge is 2.36. The molecule has 96 valence electrons. The summed E-state index contributed by atoms with van der Waals surface area (Å²) in [6, 6.07) is -0.620. The van der Waals surface area contributed by atoms with E-state index < -0.39 is 11.7 Å². The Morgan fingerprint density at radius 1 is 1.65 bits per heavy atom. The molecule has 1 saturated heterocycles. The van der Waals surface area contributed by atoms with Crippen molar-refractivity contribution in [1.82, 2.24) is 4.90 Å². The van der Waals surface area contributed by atoms with Crippen LogP contribution < -0.4 is 0 Å². The topological polar surface area (TPSA) is 98.5 Å². The minimum Gasteiger partial charge on any atom is -0.444 e. The van der Waals surface area contributed by atoms with Crippen LogP contribution in [0.4, 0.5) is 4.79 Å². The first-order chi connectivity index (χ1) is 7.87. The molecule has 0 bridgehead atoms. The average molecular weight is 242 g/mol. The maximum Gasteiger partial charge on any atom is 0.410 e. The summed E-state index contributed by atoms with van der Waals surface area (Å²) in [7, 11) is 0. The van der Waals surface area contributed by atoms with Crippen LogP contribution in [0.15, 0.2) is 5.11 Å². The molecule has 0 aliphatic carbocycles. The average Bonchev–Trinajstić information content (AvgIpc) is 2.59. The molecule has 2 atom stereocenters. The molecule has 7 heteroatoms. The van der Waals surface area contributed by atoms with Crippen LogP contribution in [-0.4, -0.2) is 46.9 Å². The van der Waals surface area contributed by atoms with Crippen molar-refractivity contribution in [3.63, 3.8) is 0 Å². The van der Waals surface area contributed by atoms with E-state index in [0.29, 0.717) is 13.0 Å². The minimum atomic E-state index is -0.576. The fraction of sp³-hybridized carbons (Fsp3) is 0.900. The third-order valence-corrected chi connectivity index (χ3v) is 2.45. The SMILES string of the molecule is CC(C)(C)OC(=O)N1CC(N=[N+]=[N-])CC1CO. The van der Waals surface area contributed by atoms with Crippen molar-refractivity contribution in [2.45, 2.75) is 44.9 Å². The number of hydrogen-bond donors (Lipinski definition) is 1. The number of carbonyl (C=O) groups excluding carboxylic acids is 1. The van der Waals surface area contributed by atoms with Crippen molar-refractivity contribution in [1.29, 1.82) is 0 Å². The van der Waals surface area contributed by atoms with Crippen LogP contribution in [0.3, 0.4) is 0 Å². The molecule has 0 aromatic carbocycles. The Bertz CT molecular complexity index is 333. The van der Waals surface area contributed by atoms with Crippen LogP contribution in [-0.2, 0) is 4.74 Å². The van der Waals surface area contributed by atoms with Crippen molar-refractivity contribution in [2.75, 3.05) is 13.2 Å². The van der Waals surface area contributed by atoms with E-state index in [-0.39, 0.29) is 18.7 Å².